The maximum Gasteiger partial charge on any atom is 0.257 e. The molecule has 1 aromatic rings. The predicted molar refractivity (Wildman–Crippen MR) is 85.9 cm³/mol. The Morgan fingerprint density at radius 1 is 1.40 bits per heavy atom. The highest BCUT2D eigenvalue weighted by atomic mass is 79.9. The largest absolute Gasteiger partial charge is 0.496 e. The number of benzene rings is 1. The molecule has 0 saturated carbocycles. The monoisotopic (exact) mass is 362 g/mol. The molecule has 4 nitrogen and oxygen atoms in total. The molecule has 1 amide bonds. The van der Waals surface area contributed by atoms with Crippen molar-refractivity contribution < 1.29 is 9.53 Å². The van der Waals surface area contributed by atoms with E-state index >= 15 is 0 Å². The molecule has 0 atom stereocenters. The first-order chi connectivity index (χ1) is 9.15. The number of nitrogens with one attached hydrogen (secondary N) is 1. The number of carbonyl (C=O) groups excluding carboxylic acids is 1. The standard InChI is InChI=1S/C14H19BrN2O2.ClH/c1-16-11-5-7-17(8-6-11)14(18)12-4-3-10(15)9-13(12)19-2;/h3-4,9,11,16H,5-8H2,1-2H3;1H. The predicted octanol–water partition coefficient (Wildman–Crippen LogP) is 2.70. The first-order valence-electron chi connectivity index (χ1n) is 6.45. The molecular weight excluding hydrogens is 344 g/mol. The first-order valence-corrected chi connectivity index (χ1v) is 7.25. The van der Waals surface area contributed by atoms with Gasteiger partial charge in [-0.25, -0.2) is 0 Å². The number of hydrogen-bond donors (Lipinski definition) is 1. The fourth-order valence-corrected chi connectivity index (χ4v) is 2.72. The van der Waals surface area contributed by atoms with E-state index < -0.39 is 0 Å². The van der Waals surface area contributed by atoms with Crippen LogP contribution >= 0.6 is 28.3 Å². The zero-order valence-corrected chi connectivity index (χ0v) is 14.1. The molecule has 0 unspecified atom stereocenters. The molecule has 1 saturated heterocycles. The number of carbonyl (C=O) groups is 1. The summed E-state index contributed by atoms with van der Waals surface area (Å²) in [6.45, 7) is 1.59. The number of piperidine rings is 1. The molecule has 2 rings (SSSR count). The first kappa shape index (κ1) is 17.3. The topological polar surface area (TPSA) is 41.6 Å². The highest BCUT2D eigenvalue weighted by Gasteiger charge is 2.24. The van der Waals surface area contributed by atoms with Crippen LogP contribution in [0.15, 0.2) is 22.7 Å². The van der Waals surface area contributed by atoms with Gasteiger partial charge in [0.05, 0.1) is 12.7 Å². The van der Waals surface area contributed by atoms with Gasteiger partial charge in [0, 0.05) is 23.6 Å². The van der Waals surface area contributed by atoms with E-state index in [1.807, 2.05) is 30.1 Å². The molecule has 0 bridgehead atoms. The molecule has 1 aliphatic heterocycles. The molecule has 1 aliphatic rings. The number of ether oxygens (including phenoxy) is 1. The molecule has 112 valence electrons. The minimum absolute atomic E-state index is 0. The molecular formula is C14H20BrClN2O2. The molecule has 1 fully saturated rings. The third-order valence-electron chi connectivity index (χ3n) is 3.58. The summed E-state index contributed by atoms with van der Waals surface area (Å²) in [7, 11) is 3.56. The molecule has 1 N–H and O–H groups in total. The van der Waals surface area contributed by atoms with Gasteiger partial charge in [-0.1, -0.05) is 15.9 Å². The number of amides is 1. The lowest BCUT2D eigenvalue weighted by Crippen LogP contribution is -2.44. The van der Waals surface area contributed by atoms with Gasteiger partial charge in [-0.15, -0.1) is 12.4 Å². The van der Waals surface area contributed by atoms with E-state index in [2.05, 4.69) is 21.2 Å². The lowest BCUT2D eigenvalue weighted by Gasteiger charge is -2.32. The number of nitrogens with zero attached hydrogens (tertiary/aromatic N) is 1. The Bertz CT molecular complexity index is 462. The zero-order chi connectivity index (χ0) is 13.8. The Morgan fingerprint density at radius 2 is 2.05 bits per heavy atom. The van der Waals surface area contributed by atoms with Crippen LogP contribution in [0, 0.1) is 0 Å². The van der Waals surface area contributed by atoms with E-state index in [1.54, 1.807) is 7.11 Å². The van der Waals surface area contributed by atoms with Crippen molar-refractivity contribution >= 4 is 34.2 Å². The van der Waals surface area contributed by atoms with Gasteiger partial charge >= 0.3 is 0 Å². The molecule has 0 radical (unpaired) electrons. The van der Waals surface area contributed by atoms with Gasteiger partial charge in [0.25, 0.3) is 5.91 Å². The van der Waals surface area contributed by atoms with E-state index in [9.17, 15) is 4.79 Å². The SMILES string of the molecule is CNC1CCN(C(=O)c2ccc(Br)cc2OC)CC1.Cl. The second-order valence-electron chi connectivity index (χ2n) is 4.70. The van der Waals surface area contributed by atoms with E-state index in [-0.39, 0.29) is 18.3 Å². The van der Waals surface area contributed by atoms with Crippen LogP contribution in [0.25, 0.3) is 0 Å². The lowest BCUT2D eigenvalue weighted by molar-refractivity contribution is 0.0704. The normalized spacial score (nSPS) is 15.7. The summed E-state index contributed by atoms with van der Waals surface area (Å²) < 4.78 is 6.20. The number of halogens is 2. The number of rotatable bonds is 3. The molecule has 0 spiro atoms. The van der Waals surface area contributed by atoms with Gasteiger partial charge in [0.15, 0.2) is 0 Å². The third-order valence-corrected chi connectivity index (χ3v) is 4.08. The maximum absolute atomic E-state index is 12.5. The maximum atomic E-state index is 12.5. The molecule has 20 heavy (non-hydrogen) atoms. The Morgan fingerprint density at radius 3 is 2.60 bits per heavy atom. The number of likely N-dealkylation sites (tertiary alicyclic amines) is 1. The Labute approximate surface area is 134 Å². The van der Waals surface area contributed by atoms with E-state index in [0.29, 0.717) is 17.4 Å². The van der Waals surface area contributed by atoms with Crippen LogP contribution in [-0.2, 0) is 0 Å². The summed E-state index contributed by atoms with van der Waals surface area (Å²) in [6.07, 6.45) is 2.00. The molecule has 0 aromatic heterocycles. The van der Waals surface area contributed by atoms with E-state index in [1.165, 1.54) is 0 Å². The van der Waals surface area contributed by atoms with Crippen molar-refractivity contribution in [2.24, 2.45) is 0 Å². The van der Waals surface area contributed by atoms with Gasteiger partial charge < -0.3 is 15.0 Å². The van der Waals surface area contributed by atoms with Crippen LogP contribution < -0.4 is 10.1 Å². The van der Waals surface area contributed by atoms with Gasteiger partial charge in [0.1, 0.15) is 5.75 Å². The average Bonchev–Trinajstić information content (AvgIpc) is 2.46. The van der Waals surface area contributed by atoms with Crippen molar-refractivity contribution in [2.75, 3.05) is 27.2 Å². The smallest absolute Gasteiger partial charge is 0.257 e. The van der Waals surface area contributed by atoms with Crippen LogP contribution in [0.5, 0.6) is 5.75 Å². The van der Waals surface area contributed by atoms with Crippen LogP contribution in [0.2, 0.25) is 0 Å². The van der Waals surface area contributed by atoms with Gasteiger partial charge in [-0.05, 0) is 38.1 Å². The highest BCUT2D eigenvalue weighted by Crippen LogP contribution is 2.25. The van der Waals surface area contributed by atoms with Crippen LogP contribution in [0.1, 0.15) is 23.2 Å². The van der Waals surface area contributed by atoms with Crippen molar-refractivity contribution in [2.45, 2.75) is 18.9 Å². The van der Waals surface area contributed by atoms with E-state index in [0.717, 1.165) is 30.4 Å². The summed E-state index contributed by atoms with van der Waals surface area (Å²) in [5.41, 5.74) is 0.633. The van der Waals surface area contributed by atoms with Crippen LogP contribution in [0.3, 0.4) is 0 Å². The number of hydrogen-bond acceptors (Lipinski definition) is 3. The quantitative estimate of drug-likeness (QED) is 0.898. The molecule has 6 heteroatoms. The Kier molecular flexibility index (Phi) is 6.79. The average molecular weight is 364 g/mol. The fourth-order valence-electron chi connectivity index (χ4n) is 2.38. The second kappa shape index (κ2) is 7.86. The van der Waals surface area contributed by atoms with Gasteiger partial charge in [-0.2, -0.15) is 0 Å². The highest BCUT2D eigenvalue weighted by molar-refractivity contribution is 9.10. The Hall–Kier alpha value is -0.780. The summed E-state index contributed by atoms with van der Waals surface area (Å²) >= 11 is 3.39. The minimum atomic E-state index is 0. The summed E-state index contributed by atoms with van der Waals surface area (Å²) in [5.74, 6) is 0.675. The molecule has 1 heterocycles. The zero-order valence-electron chi connectivity index (χ0n) is 11.7. The van der Waals surface area contributed by atoms with Crippen LogP contribution in [-0.4, -0.2) is 44.1 Å². The molecule has 1 aromatic carbocycles. The van der Waals surface area contributed by atoms with Crippen molar-refractivity contribution in [3.8, 4) is 5.75 Å². The van der Waals surface area contributed by atoms with Crippen LogP contribution in [0.4, 0.5) is 0 Å². The van der Waals surface area contributed by atoms with Gasteiger partial charge in [-0.3, -0.25) is 4.79 Å². The summed E-state index contributed by atoms with van der Waals surface area (Å²) in [6, 6.07) is 6.04. The van der Waals surface area contributed by atoms with Crippen molar-refractivity contribution in [3.63, 3.8) is 0 Å². The van der Waals surface area contributed by atoms with Crippen molar-refractivity contribution in [3.05, 3.63) is 28.2 Å². The van der Waals surface area contributed by atoms with Crippen molar-refractivity contribution in [1.82, 2.24) is 10.2 Å². The molecule has 0 aliphatic carbocycles. The Balaban J connectivity index is 0.00000200. The van der Waals surface area contributed by atoms with E-state index in [4.69, 9.17) is 4.74 Å². The third kappa shape index (κ3) is 3.87. The summed E-state index contributed by atoms with van der Waals surface area (Å²) in [5, 5.41) is 3.26. The lowest BCUT2D eigenvalue weighted by atomic mass is 10.0. The summed E-state index contributed by atoms with van der Waals surface area (Å²) in [4.78, 5) is 14.4. The number of methoxy groups -OCH3 is 1. The van der Waals surface area contributed by atoms with Gasteiger partial charge in [0.2, 0.25) is 0 Å². The minimum Gasteiger partial charge on any atom is -0.496 e. The van der Waals surface area contributed by atoms with Crippen molar-refractivity contribution in [1.29, 1.82) is 0 Å². The second-order valence-corrected chi connectivity index (χ2v) is 5.62. The fraction of sp³-hybridized carbons (Fsp3) is 0.500.